The standard InChI is InChI=1S/C25H16N2O2/c28-25(29)20-15-24(27-22-13-7-5-11-18(20)22)23-14-19(16-8-2-1-3-9-16)17-10-4-6-12-21(17)26-23/h1-15H,(H,28,29). The molecule has 0 aliphatic rings. The number of para-hydroxylation sites is 2. The Labute approximate surface area is 167 Å². The van der Waals surface area contributed by atoms with E-state index in [1.54, 1.807) is 12.1 Å². The fourth-order valence-electron chi connectivity index (χ4n) is 3.65. The van der Waals surface area contributed by atoms with Gasteiger partial charge in [-0.05, 0) is 35.4 Å². The van der Waals surface area contributed by atoms with E-state index >= 15 is 0 Å². The van der Waals surface area contributed by atoms with Crippen LogP contribution in [0, 0.1) is 0 Å². The molecule has 5 rings (SSSR count). The van der Waals surface area contributed by atoms with Crippen LogP contribution in [0.2, 0.25) is 0 Å². The monoisotopic (exact) mass is 376 g/mol. The Kier molecular flexibility index (Phi) is 4.03. The van der Waals surface area contributed by atoms with E-state index < -0.39 is 5.97 Å². The van der Waals surface area contributed by atoms with Gasteiger partial charge < -0.3 is 5.11 Å². The summed E-state index contributed by atoms with van der Waals surface area (Å²) in [6, 6.07) is 28.9. The zero-order valence-corrected chi connectivity index (χ0v) is 15.4. The molecule has 0 fully saturated rings. The lowest BCUT2D eigenvalue weighted by atomic mass is 9.98. The molecule has 0 spiro atoms. The van der Waals surface area contributed by atoms with Crippen molar-refractivity contribution >= 4 is 27.8 Å². The molecule has 0 aliphatic carbocycles. The fraction of sp³-hybridized carbons (Fsp3) is 0. The van der Waals surface area contributed by atoms with Crippen molar-refractivity contribution in [3.63, 3.8) is 0 Å². The number of aromatic nitrogens is 2. The first kappa shape index (κ1) is 17.1. The van der Waals surface area contributed by atoms with E-state index in [9.17, 15) is 9.90 Å². The number of aromatic carboxylic acids is 1. The number of carbonyl (C=O) groups is 1. The van der Waals surface area contributed by atoms with Gasteiger partial charge in [-0.2, -0.15) is 0 Å². The van der Waals surface area contributed by atoms with Crippen LogP contribution in [0.4, 0.5) is 0 Å². The van der Waals surface area contributed by atoms with E-state index in [4.69, 9.17) is 9.97 Å². The van der Waals surface area contributed by atoms with Gasteiger partial charge in [0.15, 0.2) is 0 Å². The van der Waals surface area contributed by atoms with Gasteiger partial charge in [0.2, 0.25) is 0 Å². The summed E-state index contributed by atoms with van der Waals surface area (Å²) in [5, 5.41) is 11.4. The van der Waals surface area contributed by atoms with Crippen LogP contribution in [-0.2, 0) is 0 Å². The maximum absolute atomic E-state index is 11.9. The number of hydrogen-bond acceptors (Lipinski definition) is 3. The molecule has 4 heteroatoms. The summed E-state index contributed by atoms with van der Waals surface area (Å²) < 4.78 is 0. The van der Waals surface area contributed by atoms with Gasteiger partial charge in [-0.3, -0.25) is 0 Å². The van der Waals surface area contributed by atoms with E-state index in [1.807, 2.05) is 66.7 Å². The number of nitrogens with zero attached hydrogens (tertiary/aromatic N) is 2. The fourth-order valence-corrected chi connectivity index (χ4v) is 3.65. The van der Waals surface area contributed by atoms with Crippen molar-refractivity contribution in [2.45, 2.75) is 0 Å². The summed E-state index contributed by atoms with van der Waals surface area (Å²) in [5.41, 5.74) is 5.01. The molecule has 29 heavy (non-hydrogen) atoms. The maximum atomic E-state index is 11.9. The third-order valence-corrected chi connectivity index (χ3v) is 5.01. The van der Waals surface area contributed by atoms with Crippen molar-refractivity contribution in [2.24, 2.45) is 0 Å². The number of fused-ring (bicyclic) bond motifs is 2. The summed E-state index contributed by atoms with van der Waals surface area (Å²) in [6.07, 6.45) is 0. The number of carboxylic acid groups (broad SMARTS) is 1. The largest absolute Gasteiger partial charge is 0.478 e. The number of rotatable bonds is 3. The summed E-state index contributed by atoms with van der Waals surface area (Å²) in [4.78, 5) is 21.3. The highest BCUT2D eigenvalue weighted by atomic mass is 16.4. The molecule has 3 aromatic carbocycles. The van der Waals surface area contributed by atoms with Crippen LogP contribution in [0.1, 0.15) is 10.4 Å². The first-order chi connectivity index (χ1) is 14.2. The summed E-state index contributed by atoms with van der Waals surface area (Å²) in [5.74, 6) is -0.978. The first-order valence-corrected chi connectivity index (χ1v) is 9.29. The van der Waals surface area contributed by atoms with Crippen molar-refractivity contribution in [1.29, 1.82) is 0 Å². The highest BCUT2D eigenvalue weighted by molar-refractivity contribution is 6.04. The van der Waals surface area contributed by atoms with Crippen molar-refractivity contribution in [2.75, 3.05) is 0 Å². The second-order valence-electron chi connectivity index (χ2n) is 6.82. The third kappa shape index (κ3) is 3.01. The minimum absolute atomic E-state index is 0.224. The van der Waals surface area contributed by atoms with Gasteiger partial charge >= 0.3 is 5.97 Å². The molecule has 4 nitrogen and oxygen atoms in total. The predicted octanol–water partition coefficient (Wildman–Crippen LogP) is 5.82. The molecular formula is C25H16N2O2. The van der Waals surface area contributed by atoms with Gasteiger partial charge in [-0.25, -0.2) is 14.8 Å². The van der Waals surface area contributed by atoms with Crippen LogP contribution in [0.25, 0.3) is 44.3 Å². The Hall–Kier alpha value is -4.05. The number of hydrogen-bond donors (Lipinski definition) is 1. The van der Waals surface area contributed by atoms with Crippen LogP contribution < -0.4 is 0 Å². The van der Waals surface area contributed by atoms with Crippen LogP contribution in [0.5, 0.6) is 0 Å². The Morgan fingerprint density at radius 2 is 1.21 bits per heavy atom. The molecule has 0 bridgehead atoms. The topological polar surface area (TPSA) is 63.1 Å². The molecule has 138 valence electrons. The SMILES string of the molecule is O=C(O)c1cc(-c2cc(-c3ccccc3)c3ccccc3n2)nc2ccccc12. The van der Waals surface area contributed by atoms with Crippen molar-refractivity contribution < 1.29 is 9.90 Å². The zero-order valence-electron chi connectivity index (χ0n) is 15.4. The lowest BCUT2D eigenvalue weighted by Crippen LogP contribution is -2.01. The molecule has 1 N–H and O–H groups in total. The van der Waals surface area contributed by atoms with Crippen LogP contribution in [-0.4, -0.2) is 21.0 Å². The van der Waals surface area contributed by atoms with Crippen molar-refractivity contribution in [3.05, 3.63) is 96.6 Å². The Morgan fingerprint density at radius 3 is 1.90 bits per heavy atom. The highest BCUT2D eigenvalue weighted by Gasteiger charge is 2.15. The molecule has 0 amide bonds. The number of benzene rings is 3. The third-order valence-electron chi connectivity index (χ3n) is 5.01. The molecule has 2 aromatic heterocycles. The molecule has 5 aromatic rings. The van der Waals surface area contributed by atoms with Crippen molar-refractivity contribution in [3.8, 4) is 22.5 Å². The van der Waals surface area contributed by atoms with Gasteiger partial charge in [0.05, 0.1) is 28.0 Å². The average Bonchev–Trinajstić information content (AvgIpc) is 2.78. The minimum Gasteiger partial charge on any atom is -0.478 e. The Balaban J connectivity index is 1.81. The zero-order chi connectivity index (χ0) is 19.8. The smallest absolute Gasteiger partial charge is 0.336 e. The minimum atomic E-state index is -0.978. The second-order valence-corrected chi connectivity index (χ2v) is 6.82. The molecule has 0 atom stereocenters. The van der Waals surface area contributed by atoms with E-state index in [-0.39, 0.29) is 5.56 Å². The first-order valence-electron chi connectivity index (χ1n) is 9.29. The lowest BCUT2D eigenvalue weighted by molar-refractivity contribution is 0.0699. The van der Waals surface area contributed by atoms with Gasteiger partial charge in [0.25, 0.3) is 0 Å². The van der Waals surface area contributed by atoms with Crippen LogP contribution >= 0.6 is 0 Å². The molecular weight excluding hydrogens is 360 g/mol. The Bertz CT molecular complexity index is 1380. The molecule has 2 heterocycles. The molecule has 0 aliphatic heterocycles. The molecule has 0 saturated carbocycles. The van der Waals surface area contributed by atoms with Gasteiger partial charge in [0, 0.05) is 10.8 Å². The number of carboxylic acids is 1. The molecule has 0 radical (unpaired) electrons. The molecule has 0 saturated heterocycles. The van der Waals surface area contributed by atoms with Crippen molar-refractivity contribution in [1.82, 2.24) is 9.97 Å². The predicted molar refractivity (Wildman–Crippen MR) is 115 cm³/mol. The molecule has 0 unspecified atom stereocenters. The van der Waals surface area contributed by atoms with Crippen LogP contribution in [0.3, 0.4) is 0 Å². The normalized spacial score (nSPS) is 11.0. The van der Waals surface area contributed by atoms with Gasteiger partial charge in [-0.1, -0.05) is 66.7 Å². The maximum Gasteiger partial charge on any atom is 0.336 e. The summed E-state index contributed by atoms with van der Waals surface area (Å²) in [6.45, 7) is 0. The highest BCUT2D eigenvalue weighted by Crippen LogP contribution is 2.32. The Morgan fingerprint density at radius 1 is 0.655 bits per heavy atom. The summed E-state index contributed by atoms with van der Waals surface area (Å²) >= 11 is 0. The quantitative estimate of drug-likeness (QED) is 0.431. The van der Waals surface area contributed by atoms with E-state index in [1.165, 1.54) is 0 Å². The van der Waals surface area contributed by atoms with Crippen LogP contribution in [0.15, 0.2) is 91.0 Å². The lowest BCUT2D eigenvalue weighted by Gasteiger charge is -2.11. The second kappa shape index (κ2) is 6.84. The number of pyridine rings is 2. The van der Waals surface area contributed by atoms with Gasteiger partial charge in [-0.15, -0.1) is 0 Å². The summed E-state index contributed by atoms with van der Waals surface area (Å²) in [7, 11) is 0. The van der Waals surface area contributed by atoms with Gasteiger partial charge in [0.1, 0.15) is 0 Å². The van der Waals surface area contributed by atoms with E-state index in [0.717, 1.165) is 22.0 Å². The average molecular weight is 376 g/mol. The van der Waals surface area contributed by atoms with E-state index in [0.29, 0.717) is 22.3 Å². The van der Waals surface area contributed by atoms with E-state index in [2.05, 4.69) is 12.1 Å².